The summed E-state index contributed by atoms with van der Waals surface area (Å²) in [6, 6.07) is 5.75. The number of hydrogen-bond acceptors (Lipinski definition) is 1. The van der Waals surface area contributed by atoms with Crippen molar-refractivity contribution >= 4 is 23.2 Å². The Morgan fingerprint density at radius 2 is 1.81 bits per heavy atom. The van der Waals surface area contributed by atoms with E-state index < -0.39 is 0 Å². The number of aliphatic hydroxyl groups is 1. The molecule has 0 atom stereocenters. The van der Waals surface area contributed by atoms with E-state index in [0.29, 0.717) is 10.0 Å². The van der Waals surface area contributed by atoms with Crippen LogP contribution in [0, 0.1) is 5.41 Å². The molecule has 0 aliphatic heterocycles. The molecule has 0 bridgehead atoms. The van der Waals surface area contributed by atoms with Gasteiger partial charge in [0.2, 0.25) is 0 Å². The van der Waals surface area contributed by atoms with Crippen LogP contribution >= 0.6 is 23.2 Å². The van der Waals surface area contributed by atoms with Crippen molar-refractivity contribution in [2.75, 3.05) is 6.61 Å². The third-order valence-electron chi connectivity index (χ3n) is 3.56. The van der Waals surface area contributed by atoms with Crippen molar-refractivity contribution < 1.29 is 5.11 Å². The summed E-state index contributed by atoms with van der Waals surface area (Å²) in [7, 11) is 0. The zero-order valence-corrected chi connectivity index (χ0v) is 10.7. The second-order valence-electron chi connectivity index (χ2n) is 4.79. The van der Waals surface area contributed by atoms with Crippen LogP contribution < -0.4 is 0 Å². The lowest BCUT2D eigenvalue weighted by atomic mass is 9.81. The second-order valence-corrected chi connectivity index (χ2v) is 5.60. The number of aliphatic hydroxyl groups excluding tert-OH is 1. The van der Waals surface area contributed by atoms with Crippen molar-refractivity contribution in [2.45, 2.75) is 32.1 Å². The first-order chi connectivity index (χ1) is 7.65. The lowest BCUT2D eigenvalue weighted by Gasteiger charge is -2.26. The predicted octanol–water partition coefficient (Wildman–Crippen LogP) is 4.09. The highest BCUT2D eigenvalue weighted by Crippen LogP contribution is 2.41. The molecular formula is C13H16Cl2O. The SMILES string of the molecule is OCC1(Cc2ccc(Cl)c(Cl)c2)CCCC1. The van der Waals surface area contributed by atoms with Gasteiger partial charge in [0.15, 0.2) is 0 Å². The van der Waals surface area contributed by atoms with Crippen molar-refractivity contribution in [1.82, 2.24) is 0 Å². The normalized spacial score (nSPS) is 18.9. The van der Waals surface area contributed by atoms with Gasteiger partial charge in [-0.25, -0.2) is 0 Å². The molecule has 0 heterocycles. The topological polar surface area (TPSA) is 20.2 Å². The monoisotopic (exact) mass is 258 g/mol. The zero-order valence-electron chi connectivity index (χ0n) is 9.18. The number of rotatable bonds is 3. The first-order valence-electron chi connectivity index (χ1n) is 5.70. The van der Waals surface area contributed by atoms with Crippen LogP contribution in [-0.4, -0.2) is 11.7 Å². The Hall–Kier alpha value is -0.240. The Kier molecular flexibility index (Phi) is 3.78. The van der Waals surface area contributed by atoms with Gasteiger partial charge in [0.1, 0.15) is 0 Å². The summed E-state index contributed by atoms with van der Waals surface area (Å²) in [5.74, 6) is 0. The average molecular weight is 259 g/mol. The largest absolute Gasteiger partial charge is 0.396 e. The van der Waals surface area contributed by atoms with Crippen molar-refractivity contribution in [3.8, 4) is 0 Å². The van der Waals surface area contributed by atoms with E-state index in [9.17, 15) is 5.11 Å². The Labute approximate surface area is 106 Å². The highest BCUT2D eigenvalue weighted by atomic mass is 35.5. The van der Waals surface area contributed by atoms with Crippen LogP contribution in [0.5, 0.6) is 0 Å². The maximum absolute atomic E-state index is 9.54. The van der Waals surface area contributed by atoms with Gasteiger partial charge in [0.25, 0.3) is 0 Å². The molecule has 0 radical (unpaired) electrons. The third-order valence-corrected chi connectivity index (χ3v) is 4.30. The molecular weight excluding hydrogens is 243 g/mol. The quantitative estimate of drug-likeness (QED) is 0.866. The lowest BCUT2D eigenvalue weighted by molar-refractivity contribution is 0.130. The van der Waals surface area contributed by atoms with Gasteiger partial charge in [-0.1, -0.05) is 42.1 Å². The summed E-state index contributed by atoms with van der Waals surface area (Å²) in [6.07, 6.45) is 5.58. The standard InChI is InChI=1S/C13H16Cl2O/c14-11-4-3-10(7-12(11)15)8-13(9-16)5-1-2-6-13/h3-4,7,16H,1-2,5-6,8-9H2. The average Bonchev–Trinajstić information content (AvgIpc) is 2.73. The highest BCUT2D eigenvalue weighted by Gasteiger charge is 2.33. The first kappa shape index (κ1) is 12.2. The Balaban J connectivity index is 2.16. The van der Waals surface area contributed by atoms with E-state index in [4.69, 9.17) is 23.2 Å². The summed E-state index contributed by atoms with van der Waals surface area (Å²) in [5, 5.41) is 10.7. The van der Waals surface area contributed by atoms with E-state index in [2.05, 4.69) is 0 Å². The van der Waals surface area contributed by atoms with Crippen LogP contribution in [0.1, 0.15) is 31.2 Å². The summed E-state index contributed by atoms with van der Waals surface area (Å²) >= 11 is 11.9. The molecule has 0 unspecified atom stereocenters. The van der Waals surface area contributed by atoms with Crippen LogP contribution in [0.4, 0.5) is 0 Å². The summed E-state index contributed by atoms with van der Waals surface area (Å²) < 4.78 is 0. The molecule has 1 aliphatic rings. The molecule has 0 amide bonds. The molecule has 0 spiro atoms. The molecule has 1 fully saturated rings. The first-order valence-corrected chi connectivity index (χ1v) is 6.46. The maximum Gasteiger partial charge on any atom is 0.0595 e. The van der Waals surface area contributed by atoms with E-state index in [1.54, 1.807) is 0 Å². The van der Waals surface area contributed by atoms with Gasteiger partial charge in [-0.15, -0.1) is 0 Å². The van der Waals surface area contributed by atoms with Crippen molar-refractivity contribution in [3.05, 3.63) is 33.8 Å². The zero-order chi connectivity index (χ0) is 11.6. The molecule has 3 heteroatoms. The van der Waals surface area contributed by atoms with E-state index >= 15 is 0 Å². The van der Waals surface area contributed by atoms with Gasteiger partial charge < -0.3 is 5.11 Å². The highest BCUT2D eigenvalue weighted by molar-refractivity contribution is 6.42. The van der Waals surface area contributed by atoms with E-state index in [0.717, 1.165) is 19.3 Å². The third kappa shape index (κ3) is 2.53. The fraction of sp³-hybridized carbons (Fsp3) is 0.538. The van der Waals surface area contributed by atoms with E-state index in [-0.39, 0.29) is 12.0 Å². The Morgan fingerprint density at radius 3 is 2.38 bits per heavy atom. The van der Waals surface area contributed by atoms with Gasteiger partial charge >= 0.3 is 0 Å². The van der Waals surface area contributed by atoms with Gasteiger partial charge in [-0.3, -0.25) is 0 Å². The van der Waals surface area contributed by atoms with E-state index in [1.807, 2.05) is 18.2 Å². The predicted molar refractivity (Wildman–Crippen MR) is 68.2 cm³/mol. The molecule has 16 heavy (non-hydrogen) atoms. The second kappa shape index (κ2) is 4.95. The molecule has 0 aromatic heterocycles. The molecule has 1 aromatic carbocycles. The smallest absolute Gasteiger partial charge is 0.0595 e. The Bertz CT molecular complexity index is 370. The van der Waals surface area contributed by atoms with Crippen molar-refractivity contribution in [1.29, 1.82) is 0 Å². The van der Waals surface area contributed by atoms with Gasteiger partial charge in [0.05, 0.1) is 10.0 Å². The number of hydrogen-bond donors (Lipinski definition) is 1. The maximum atomic E-state index is 9.54. The fourth-order valence-electron chi connectivity index (χ4n) is 2.60. The molecule has 1 aliphatic carbocycles. The molecule has 1 saturated carbocycles. The van der Waals surface area contributed by atoms with Crippen LogP contribution in [0.25, 0.3) is 0 Å². The number of halogens is 2. The lowest BCUT2D eigenvalue weighted by Crippen LogP contribution is -2.24. The van der Waals surface area contributed by atoms with Gasteiger partial charge in [-0.05, 0) is 42.4 Å². The minimum atomic E-state index is 0.0805. The molecule has 1 aromatic rings. The van der Waals surface area contributed by atoms with Crippen LogP contribution in [0.3, 0.4) is 0 Å². The van der Waals surface area contributed by atoms with E-state index in [1.165, 1.54) is 18.4 Å². The summed E-state index contributed by atoms with van der Waals surface area (Å²) in [6.45, 7) is 0.271. The number of benzene rings is 1. The minimum Gasteiger partial charge on any atom is -0.396 e. The van der Waals surface area contributed by atoms with Crippen molar-refractivity contribution in [3.63, 3.8) is 0 Å². The molecule has 1 N–H and O–H groups in total. The van der Waals surface area contributed by atoms with Crippen LogP contribution in [0.2, 0.25) is 10.0 Å². The Morgan fingerprint density at radius 1 is 1.12 bits per heavy atom. The fourth-order valence-corrected chi connectivity index (χ4v) is 2.92. The van der Waals surface area contributed by atoms with Crippen LogP contribution in [0.15, 0.2) is 18.2 Å². The van der Waals surface area contributed by atoms with Gasteiger partial charge in [-0.2, -0.15) is 0 Å². The van der Waals surface area contributed by atoms with Crippen LogP contribution in [-0.2, 0) is 6.42 Å². The molecule has 88 valence electrons. The van der Waals surface area contributed by atoms with Gasteiger partial charge in [0, 0.05) is 6.61 Å². The summed E-state index contributed by atoms with van der Waals surface area (Å²) in [5.41, 5.74) is 1.25. The minimum absolute atomic E-state index is 0.0805. The molecule has 0 saturated heterocycles. The molecule has 2 rings (SSSR count). The van der Waals surface area contributed by atoms with Crippen molar-refractivity contribution in [2.24, 2.45) is 5.41 Å². The summed E-state index contributed by atoms with van der Waals surface area (Å²) in [4.78, 5) is 0. The molecule has 1 nitrogen and oxygen atoms in total.